The van der Waals surface area contributed by atoms with Crippen molar-refractivity contribution in [3.8, 4) is 0 Å². The Balaban J connectivity index is 1.57. The van der Waals surface area contributed by atoms with Gasteiger partial charge in [-0.1, -0.05) is 41.3 Å². The lowest BCUT2D eigenvalue weighted by Crippen LogP contribution is -2.34. The van der Waals surface area contributed by atoms with E-state index in [1.807, 2.05) is 0 Å². The van der Waals surface area contributed by atoms with Gasteiger partial charge in [-0.2, -0.15) is 0 Å². The number of non-ortho nitro benzene ring substituents is 1. The molecule has 7 nitrogen and oxygen atoms in total. The summed E-state index contributed by atoms with van der Waals surface area (Å²) >= 11 is 3.10. The highest BCUT2D eigenvalue weighted by Gasteiger charge is 2.31. The van der Waals surface area contributed by atoms with Crippen molar-refractivity contribution in [1.29, 1.82) is 0 Å². The molecule has 0 bridgehead atoms. The minimum Gasteiger partial charge on any atom is -0.379 e. The van der Waals surface area contributed by atoms with Gasteiger partial charge in [0.05, 0.1) is 26.7 Å². The zero-order valence-electron chi connectivity index (χ0n) is 14.7. The largest absolute Gasteiger partial charge is 0.379 e. The van der Waals surface area contributed by atoms with Crippen molar-refractivity contribution in [3.63, 3.8) is 0 Å². The first-order valence-electron chi connectivity index (χ1n) is 8.61. The first-order valence-corrected chi connectivity index (χ1v) is 10.4. The summed E-state index contributed by atoms with van der Waals surface area (Å²) in [6, 6.07) is 4.87. The minimum atomic E-state index is -0.401. The molecule has 0 fully saturated rings. The Hall–Kier alpha value is -2.39. The van der Waals surface area contributed by atoms with Gasteiger partial charge in [-0.3, -0.25) is 15.1 Å². The number of nitrogens with one attached hydrogen (secondary N) is 1. The van der Waals surface area contributed by atoms with Crippen LogP contribution in [0.4, 0.5) is 10.8 Å². The van der Waals surface area contributed by atoms with Crippen LogP contribution in [0.1, 0.15) is 19.8 Å². The fourth-order valence-corrected chi connectivity index (χ4v) is 5.17. The zero-order valence-corrected chi connectivity index (χ0v) is 16.3. The lowest BCUT2D eigenvalue weighted by atomic mass is 9.85. The van der Waals surface area contributed by atoms with Crippen LogP contribution < -0.4 is 11.1 Å². The smallest absolute Gasteiger partial charge is 0.271 e. The molecule has 27 heavy (non-hydrogen) atoms. The second-order valence-electron chi connectivity index (χ2n) is 6.76. The van der Waals surface area contributed by atoms with E-state index in [-0.39, 0.29) is 17.3 Å². The van der Waals surface area contributed by atoms with E-state index in [0.717, 1.165) is 34.0 Å². The number of amidine groups is 1. The highest BCUT2D eigenvalue weighted by molar-refractivity contribution is 8.13. The predicted molar refractivity (Wildman–Crippen MR) is 113 cm³/mol. The molecule has 140 valence electrons. The monoisotopic (exact) mass is 401 g/mol. The molecule has 9 heteroatoms. The van der Waals surface area contributed by atoms with E-state index in [1.54, 1.807) is 17.8 Å². The normalized spacial score (nSPS) is 25.1. The van der Waals surface area contributed by atoms with Crippen LogP contribution in [-0.4, -0.2) is 32.4 Å². The molecular formula is C18H19N5O2S2. The third-order valence-electron chi connectivity index (χ3n) is 4.78. The number of anilines is 1. The second kappa shape index (κ2) is 6.97. The van der Waals surface area contributed by atoms with Gasteiger partial charge in [0.1, 0.15) is 0 Å². The van der Waals surface area contributed by atoms with Crippen molar-refractivity contribution in [1.82, 2.24) is 4.98 Å². The van der Waals surface area contributed by atoms with Crippen LogP contribution >= 0.6 is 23.1 Å². The van der Waals surface area contributed by atoms with Gasteiger partial charge in [-0.05, 0) is 31.4 Å². The summed E-state index contributed by atoms with van der Waals surface area (Å²) < 4.78 is 0.923. The van der Waals surface area contributed by atoms with E-state index in [1.165, 1.54) is 23.5 Å². The fourth-order valence-electron chi connectivity index (χ4n) is 3.29. The van der Waals surface area contributed by atoms with Crippen molar-refractivity contribution in [3.05, 3.63) is 52.1 Å². The molecule has 2 unspecified atom stereocenters. The Morgan fingerprint density at radius 1 is 1.44 bits per heavy atom. The van der Waals surface area contributed by atoms with Crippen molar-refractivity contribution < 1.29 is 4.92 Å². The van der Waals surface area contributed by atoms with Gasteiger partial charge in [-0.25, -0.2) is 4.98 Å². The van der Waals surface area contributed by atoms with Gasteiger partial charge in [0.25, 0.3) is 5.69 Å². The van der Waals surface area contributed by atoms with Gasteiger partial charge in [0, 0.05) is 17.9 Å². The van der Waals surface area contributed by atoms with Crippen LogP contribution in [0, 0.1) is 10.1 Å². The van der Waals surface area contributed by atoms with Gasteiger partial charge in [0.2, 0.25) is 0 Å². The molecule has 1 aromatic heterocycles. The highest BCUT2D eigenvalue weighted by atomic mass is 32.2. The molecule has 0 saturated carbocycles. The molecule has 1 aliphatic heterocycles. The Bertz CT molecular complexity index is 997. The Morgan fingerprint density at radius 2 is 2.30 bits per heavy atom. The van der Waals surface area contributed by atoms with E-state index < -0.39 is 4.92 Å². The fraction of sp³-hybridized carbons (Fsp3) is 0.333. The standard InChI is InChI=1S/C18H19N5O2S2/c1-18(7-8-26-16(19)22-18)11-3-2-4-12(9-11)20-17-21-14-10-13(23(24)25)5-6-15(14)27-17/h2-3,5-6,9-10,12H,4,7-8H2,1H3,(H2,19,22)(H,20,21). The quantitative estimate of drug-likeness (QED) is 0.590. The number of hydrogen-bond acceptors (Lipinski definition) is 8. The molecule has 2 atom stereocenters. The maximum absolute atomic E-state index is 10.9. The maximum atomic E-state index is 10.9. The Labute approximate surface area is 164 Å². The molecule has 0 amide bonds. The molecule has 4 rings (SSSR count). The van der Waals surface area contributed by atoms with Crippen LogP contribution in [0.3, 0.4) is 0 Å². The summed E-state index contributed by atoms with van der Waals surface area (Å²) in [5.74, 6) is 0.964. The van der Waals surface area contributed by atoms with E-state index in [2.05, 4.69) is 40.4 Å². The summed E-state index contributed by atoms with van der Waals surface area (Å²) in [7, 11) is 0. The molecular weight excluding hydrogens is 382 g/mol. The molecule has 2 aliphatic rings. The Kier molecular flexibility index (Phi) is 4.65. The SMILES string of the molecule is CC1(C2=CC(Nc3nc4cc([N+](=O)[O-])ccc4s3)CC=C2)CCSC(N)=N1. The maximum Gasteiger partial charge on any atom is 0.271 e. The number of thioether (sulfide) groups is 1. The first-order chi connectivity index (χ1) is 12.9. The van der Waals surface area contributed by atoms with Crippen LogP contribution in [0.2, 0.25) is 0 Å². The number of nitrogens with two attached hydrogens (primary N) is 1. The number of aliphatic imine (C=N–C) groups is 1. The predicted octanol–water partition coefficient (Wildman–Crippen LogP) is 4.08. The molecule has 0 spiro atoms. The number of hydrogen-bond donors (Lipinski definition) is 2. The number of nitro groups is 1. The molecule has 2 heterocycles. The van der Waals surface area contributed by atoms with Crippen molar-refractivity contribution in [2.45, 2.75) is 31.3 Å². The number of fused-ring (bicyclic) bond motifs is 1. The van der Waals surface area contributed by atoms with Crippen LogP contribution in [0.5, 0.6) is 0 Å². The topological polar surface area (TPSA) is 106 Å². The van der Waals surface area contributed by atoms with Crippen molar-refractivity contribution >= 4 is 49.3 Å². The van der Waals surface area contributed by atoms with Crippen LogP contribution in [0.25, 0.3) is 10.2 Å². The zero-order chi connectivity index (χ0) is 19.0. The van der Waals surface area contributed by atoms with Crippen LogP contribution in [0.15, 0.2) is 47.0 Å². The number of rotatable bonds is 4. The summed E-state index contributed by atoms with van der Waals surface area (Å²) in [5.41, 5.74) is 7.50. The minimum absolute atomic E-state index is 0.0562. The Morgan fingerprint density at radius 3 is 3.07 bits per heavy atom. The van der Waals surface area contributed by atoms with Gasteiger partial charge in [0.15, 0.2) is 10.3 Å². The van der Waals surface area contributed by atoms with Gasteiger partial charge < -0.3 is 11.1 Å². The van der Waals surface area contributed by atoms with E-state index in [9.17, 15) is 10.1 Å². The number of aromatic nitrogens is 1. The van der Waals surface area contributed by atoms with Gasteiger partial charge >= 0.3 is 0 Å². The lowest BCUT2D eigenvalue weighted by molar-refractivity contribution is -0.384. The lowest BCUT2D eigenvalue weighted by Gasteiger charge is -2.33. The van der Waals surface area contributed by atoms with E-state index in [0.29, 0.717) is 10.7 Å². The number of benzene rings is 1. The molecule has 2 aromatic rings. The summed E-state index contributed by atoms with van der Waals surface area (Å²) in [6.07, 6.45) is 8.27. The molecule has 3 N–H and O–H groups in total. The van der Waals surface area contributed by atoms with E-state index in [4.69, 9.17) is 5.73 Å². The summed E-state index contributed by atoms with van der Waals surface area (Å²) in [4.78, 5) is 19.7. The van der Waals surface area contributed by atoms with Crippen LogP contribution in [-0.2, 0) is 0 Å². The summed E-state index contributed by atoms with van der Waals surface area (Å²) in [5, 5.41) is 15.8. The average Bonchev–Trinajstić information content (AvgIpc) is 3.03. The van der Waals surface area contributed by atoms with Gasteiger partial charge in [-0.15, -0.1) is 0 Å². The number of nitro benzene ring substituents is 1. The first kappa shape index (κ1) is 18.0. The number of thiazole rings is 1. The number of nitrogens with zero attached hydrogens (tertiary/aromatic N) is 3. The summed E-state index contributed by atoms with van der Waals surface area (Å²) in [6.45, 7) is 2.12. The third-order valence-corrected chi connectivity index (χ3v) is 6.54. The third kappa shape index (κ3) is 3.70. The van der Waals surface area contributed by atoms with E-state index >= 15 is 0 Å². The van der Waals surface area contributed by atoms with Crippen molar-refractivity contribution in [2.75, 3.05) is 11.1 Å². The average molecular weight is 402 g/mol. The molecule has 1 aromatic carbocycles. The molecule has 1 aliphatic carbocycles. The second-order valence-corrected chi connectivity index (χ2v) is 8.91. The highest BCUT2D eigenvalue weighted by Crippen LogP contribution is 2.35. The van der Waals surface area contributed by atoms with Crippen molar-refractivity contribution in [2.24, 2.45) is 10.7 Å². The molecule has 0 radical (unpaired) electrons. The molecule has 0 saturated heterocycles.